The van der Waals surface area contributed by atoms with Crippen molar-refractivity contribution in [1.29, 1.82) is 0 Å². The van der Waals surface area contributed by atoms with E-state index in [0.717, 1.165) is 69.7 Å². The van der Waals surface area contributed by atoms with Gasteiger partial charge in [0, 0.05) is 61.7 Å². The molecule has 1 N–H and O–H groups in total. The number of nitrogens with zero attached hydrogens (tertiary/aromatic N) is 5. The predicted octanol–water partition coefficient (Wildman–Crippen LogP) is 3.46. The molecule has 2 saturated heterocycles. The van der Waals surface area contributed by atoms with Crippen LogP contribution in [0.5, 0.6) is 0 Å². The van der Waals surface area contributed by atoms with Gasteiger partial charge in [-0.2, -0.15) is 0 Å². The highest BCUT2D eigenvalue weighted by Gasteiger charge is 2.39. The van der Waals surface area contributed by atoms with Crippen molar-refractivity contribution in [3.63, 3.8) is 0 Å². The molecule has 7 nitrogen and oxygen atoms in total. The Balaban J connectivity index is 1.33. The molecule has 3 atom stereocenters. The van der Waals surface area contributed by atoms with Gasteiger partial charge in [0.25, 0.3) is 0 Å². The van der Waals surface area contributed by atoms with Crippen LogP contribution in [0.4, 0.5) is 5.82 Å². The van der Waals surface area contributed by atoms with Gasteiger partial charge in [-0.25, -0.2) is 9.97 Å². The van der Waals surface area contributed by atoms with Gasteiger partial charge in [0.05, 0.1) is 5.92 Å². The van der Waals surface area contributed by atoms with E-state index in [4.69, 9.17) is 11.6 Å². The lowest BCUT2D eigenvalue weighted by Gasteiger charge is -2.40. The summed E-state index contributed by atoms with van der Waals surface area (Å²) in [5, 5.41) is 10.1. The van der Waals surface area contributed by atoms with Gasteiger partial charge in [-0.1, -0.05) is 30.7 Å². The Morgan fingerprint density at radius 3 is 2.63 bits per heavy atom. The van der Waals surface area contributed by atoms with Crippen LogP contribution >= 0.6 is 11.6 Å². The second kappa shape index (κ2) is 10.8. The van der Waals surface area contributed by atoms with Crippen LogP contribution in [-0.4, -0.2) is 82.7 Å². The summed E-state index contributed by atoms with van der Waals surface area (Å²) in [7, 11) is 0. The second-order valence-corrected chi connectivity index (χ2v) is 10.6. The number of carbonyl (C=O) groups is 1. The maximum atomic E-state index is 14.0. The van der Waals surface area contributed by atoms with Crippen molar-refractivity contribution >= 4 is 23.3 Å². The first-order valence-corrected chi connectivity index (χ1v) is 13.4. The fourth-order valence-electron chi connectivity index (χ4n) is 6.19. The Morgan fingerprint density at radius 2 is 1.89 bits per heavy atom. The Kier molecular flexibility index (Phi) is 7.56. The van der Waals surface area contributed by atoms with Gasteiger partial charge in [0.15, 0.2) is 0 Å². The maximum absolute atomic E-state index is 14.0. The normalized spacial score (nSPS) is 23.5. The summed E-state index contributed by atoms with van der Waals surface area (Å²) in [6.45, 7) is 7.20. The zero-order valence-electron chi connectivity index (χ0n) is 20.6. The summed E-state index contributed by atoms with van der Waals surface area (Å²) in [4.78, 5) is 30.0. The molecule has 3 aliphatic rings. The smallest absolute Gasteiger partial charge is 0.231 e. The molecule has 0 saturated carbocycles. The van der Waals surface area contributed by atoms with Gasteiger partial charge < -0.3 is 14.9 Å². The molecule has 1 aliphatic carbocycles. The van der Waals surface area contributed by atoms with Crippen molar-refractivity contribution < 1.29 is 9.90 Å². The average Bonchev–Trinajstić information content (AvgIpc) is 3.50. The second-order valence-electron chi connectivity index (χ2n) is 10.2. The zero-order chi connectivity index (χ0) is 24.4. The van der Waals surface area contributed by atoms with Gasteiger partial charge in [0.2, 0.25) is 5.91 Å². The highest BCUT2D eigenvalue weighted by molar-refractivity contribution is 6.30. The van der Waals surface area contributed by atoms with Crippen LogP contribution < -0.4 is 4.90 Å². The minimum absolute atomic E-state index is 0.152. The Labute approximate surface area is 213 Å². The first kappa shape index (κ1) is 24.5. The number of halogens is 1. The largest absolute Gasteiger partial charge is 0.396 e. The minimum atomic E-state index is -0.219. The van der Waals surface area contributed by atoms with Crippen LogP contribution in [0.3, 0.4) is 0 Å². The molecule has 1 amide bonds. The Morgan fingerprint density at radius 1 is 1.11 bits per heavy atom. The fraction of sp³-hybridized carbons (Fsp3) is 0.593. The lowest BCUT2D eigenvalue weighted by Crippen LogP contribution is -2.52. The number of fused-ring (bicyclic) bond motifs is 1. The summed E-state index contributed by atoms with van der Waals surface area (Å²) in [5.41, 5.74) is 3.52. The van der Waals surface area contributed by atoms with Gasteiger partial charge in [-0.3, -0.25) is 9.69 Å². The first-order chi connectivity index (χ1) is 17.1. The molecular weight excluding hydrogens is 462 g/mol. The molecule has 188 valence electrons. The highest BCUT2D eigenvalue weighted by atomic mass is 35.5. The molecule has 3 heterocycles. The standard InChI is InChI=1S/C27H36ClN5O2/c1-19-5-10-22-24(19)26(30-18-29-22)32-13-15-33(16-14-32)27(35)25(20-6-8-21(28)9-7-20)23-4-2-11-31(23)12-3-17-34/h6-9,18-19,23,25,34H,2-5,10-17H2,1H3/t19-,23+,25+/m1/s1. The van der Waals surface area contributed by atoms with E-state index in [-0.39, 0.29) is 24.5 Å². The van der Waals surface area contributed by atoms with E-state index < -0.39 is 0 Å². The van der Waals surface area contributed by atoms with Crippen molar-refractivity contribution in [1.82, 2.24) is 19.8 Å². The van der Waals surface area contributed by atoms with E-state index in [1.165, 1.54) is 11.3 Å². The molecule has 0 unspecified atom stereocenters. The number of aliphatic hydroxyl groups excluding tert-OH is 1. The monoisotopic (exact) mass is 497 g/mol. The predicted molar refractivity (Wildman–Crippen MR) is 138 cm³/mol. The van der Waals surface area contributed by atoms with Crippen molar-refractivity contribution in [3.05, 3.63) is 52.4 Å². The topological polar surface area (TPSA) is 72.8 Å². The highest BCUT2D eigenvalue weighted by Crippen LogP contribution is 2.38. The number of aryl methyl sites for hydroxylation is 1. The maximum Gasteiger partial charge on any atom is 0.231 e. The molecule has 0 bridgehead atoms. The average molecular weight is 498 g/mol. The number of rotatable bonds is 7. The molecule has 5 rings (SSSR count). The van der Waals surface area contributed by atoms with Crippen LogP contribution in [0.2, 0.25) is 5.02 Å². The lowest BCUT2D eigenvalue weighted by molar-refractivity contribution is -0.134. The number of aliphatic hydroxyl groups is 1. The third-order valence-corrected chi connectivity index (χ3v) is 8.29. The number of likely N-dealkylation sites (tertiary alicyclic amines) is 1. The summed E-state index contributed by atoms with van der Waals surface area (Å²) in [6, 6.07) is 7.95. The number of piperazine rings is 1. The SMILES string of the molecule is C[C@@H]1CCc2ncnc(N3CCN(C(=O)[C@@H](c4ccc(Cl)cc4)[C@@H]4CCCN4CCCO)CC3)c21. The lowest BCUT2D eigenvalue weighted by atomic mass is 9.88. The molecule has 2 aromatic rings. The van der Waals surface area contributed by atoms with Gasteiger partial charge >= 0.3 is 0 Å². The number of benzene rings is 1. The van der Waals surface area contributed by atoms with E-state index >= 15 is 0 Å². The minimum Gasteiger partial charge on any atom is -0.396 e. The first-order valence-electron chi connectivity index (χ1n) is 13.0. The summed E-state index contributed by atoms with van der Waals surface area (Å²) in [6.07, 6.45) is 6.67. The molecular formula is C27H36ClN5O2. The van der Waals surface area contributed by atoms with Crippen LogP contribution in [0.1, 0.15) is 61.3 Å². The van der Waals surface area contributed by atoms with Crippen LogP contribution in [0.15, 0.2) is 30.6 Å². The molecule has 0 spiro atoms. The molecule has 35 heavy (non-hydrogen) atoms. The molecule has 8 heteroatoms. The number of hydrogen-bond acceptors (Lipinski definition) is 6. The molecule has 1 aromatic carbocycles. The van der Waals surface area contributed by atoms with Crippen molar-refractivity contribution in [2.45, 2.75) is 56.9 Å². The van der Waals surface area contributed by atoms with Gasteiger partial charge in [-0.15, -0.1) is 0 Å². The van der Waals surface area contributed by atoms with Crippen LogP contribution in [0.25, 0.3) is 0 Å². The summed E-state index contributed by atoms with van der Waals surface area (Å²) in [5.74, 6) is 1.53. The quantitative estimate of drug-likeness (QED) is 0.631. The van der Waals surface area contributed by atoms with E-state index in [0.29, 0.717) is 24.0 Å². The van der Waals surface area contributed by atoms with Crippen LogP contribution in [0, 0.1) is 0 Å². The third-order valence-electron chi connectivity index (χ3n) is 8.04. The number of amides is 1. The van der Waals surface area contributed by atoms with Gasteiger partial charge in [0.1, 0.15) is 12.1 Å². The van der Waals surface area contributed by atoms with Gasteiger partial charge in [-0.05, 0) is 62.3 Å². The number of hydrogen-bond donors (Lipinski definition) is 1. The van der Waals surface area contributed by atoms with Crippen molar-refractivity contribution in [3.8, 4) is 0 Å². The van der Waals surface area contributed by atoms with Crippen molar-refractivity contribution in [2.24, 2.45) is 0 Å². The molecule has 0 radical (unpaired) electrons. The molecule has 2 fully saturated rings. The molecule has 1 aromatic heterocycles. The molecule has 2 aliphatic heterocycles. The van der Waals surface area contributed by atoms with E-state index in [9.17, 15) is 9.90 Å². The number of anilines is 1. The summed E-state index contributed by atoms with van der Waals surface area (Å²) < 4.78 is 0. The van der Waals surface area contributed by atoms with E-state index in [1.54, 1.807) is 6.33 Å². The van der Waals surface area contributed by atoms with Crippen molar-refractivity contribution in [2.75, 3.05) is 50.8 Å². The Hall–Kier alpha value is -2.22. The zero-order valence-corrected chi connectivity index (χ0v) is 21.3. The van der Waals surface area contributed by atoms with E-state index in [2.05, 4.69) is 26.7 Å². The number of carbonyl (C=O) groups excluding carboxylic acids is 1. The summed E-state index contributed by atoms with van der Waals surface area (Å²) >= 11 is 6.18. The Bertz CT molecular complexity index is 1020. The van der Waals surface area contributed by atoms with E-state index in [1.807, 2.05) is 29.2 Å². The third kappa shape index (κ3) is 5.04. The number of aromatic nitrogens is 2. The van der Waals surface area contributed by atoms with Crippen LogP contribution in [-0.2, 0) is 11.2 Å². The fourth-order valence-corrected chi connectivity index (χ4v) is 6.32.